The summed E-state index contributed by atoms with van der Waals surface area (Å²) in [4.78, 5) is 13.7. The summed E-state index contributed by atoms with van der Waals surface area (Å²) >= 11 is 6.27. The molecule has 0 unspecified atom stereocenters. The predicted octanol–water partition coefficient (Wildman–Crippen LogP) is 3.32. The number of piperazine rings is 1. The summed E-state index contributed by atoms with van der Waals surface area (Å²) in [5.74, 6) is 1.47. The molecule has 0 spiro atoms. The Kier molecular flexibility index (Phi) is 5.57. The number of hydrogen-bond acceptors (Lipinski definition) is 5. The molecule has 0 saturated carbocycles. The van der Waals surface area contributed by atoms with Crippen molar-refractivity contribution in [1.82, 2.24) is 24.3 Å². The summed E-state index contributed by atoms with van der Waals surface area (Å²) < 4.78 is 8.01. The van der Waals surface area contributed by atoms with Crippen molar-refractivity contribution in [1.29, 1.82) is 0 Å². The van der Waals surface area contributed by atoms with Crippen LogP contribution in [0.5, 0.6) is 0 Å². The van der Waals surface area contributed by atoms with Crippen LogP contribution in [0, 0.1) is 6.92 Å². The molecule has 0 bridgehead atoms. The number of rotatable bonds is 6. The molecule has 1 aliphatic rings. The van der Waals surface area contributed by atoms with Crippen molar-refractivity contribution >= 4 is 11.6 Å². The number of aryl methyl sites for hydroxylation is 1. The summed E-state index contributed by atoms with van der Waals surface area (Å²) in [6.07, 6.45) is 5.72. The molecule has 0 aliphatic carbocycles. The zero-order valence-corrected chi connectivity index (χ0v) is 16.3. The molecule has 6 nitrogen and oxygen atoms in total. The van der Waals surface area contributed by atoms with Crippen molar-refractivity contribution in [3.63, 3.8) is 0 Å². The topological polar surface area (TPSA) is 50.3 Å². The third-order valence-corrected chi connectivity index (χ3v) is 5.40. The number of imidazole rings is 1. The van der Waals surface area contributed by atoms with Crippen molar-refractivity contribution in [2.24, 2.45) is 0 Å². The molecule has 3 heterocycles. The highest BCUT2D eigenvalue weighted by atomic mass is 35.5. The number of aromatic nitrogens is 3. The molecule has 142 valence electrons. The Hall–Kier alpha value is -2.15. The second-order valence-electron chi connectivity index (χ2n) is 6.92. The van der Waals surface area contributed by atoms with E-state index in [0.29, 0.717) is 10.9 Å². The van der Waals surface area contributed by atoms with Crippen LogP contribution in [0.1, 0.15) is 11.5 Å². The predicted molar refractivity (Wildman–Crippen MR) is 106 cm³/mol. The van der Waals surface area contributed by atoms with E-state index in [-0.39, 0.29) is 0 Å². The first-order chi connectivity index (χ1) is 13.2. The average molecular weight is 386 g/mol. The average Bonchev–Trinajstić information content (AvgIpc) is 3.32. The van der Waals surface area contributed by atoms with Crippen LogP contribution in [0.4, 0.5) is 0 Å². The van der Waals surface area contributed by atoms with E-state index in [2.05, 4.69) is 19.4 Å². The number of halogens is 1. The Bertz CT molecular complexity index is 868. The second-order valence-corrected chi connectivity index (χ2v) is 7.33. The molecule has 7 heteroatoms. The molecule has 27 heavy (non-hydrogen) atoms. The largest absolute Gasteiger partial charge is 0.441 e. The van der Waals surface area contributed by atoms with E-state index < -0.39 is 0 Å². The Labute approximate surface area is 164 Å². The lowest BCUT2D eigenvalue weighted by Crippen LogP contribution is -2.46. The van der Waals surface area contributed by atoms with Crippen LogP contribution in [-0.2, 0) is 13.1 Å². The maximum absolute atomic E-state index is 6.27. The van der Waals surface area contributed by atoms with Gasteiger partial charge in [0.05, 0.1) is 22.6 Å². The van der Waals surface area contributed by atoms with Crippen molar-refractivity contribution in [2.45, 2.75) is 20.0 Å². The van der Waals surface area contributed by atoms with Crippen LogP contribution in [0.3, 0.4) is 0 Å². The van der Waals surface area contributed by atoms with Gasteiger partial charge in [0.1, 0.15) is 5.76 Å². The van der Waals surface area contributed by atoms with Crippen LogP contribution in [0.15, 0.2) is 47.4 Å². The number of nitrogens with zero attached hydrogens (tertiary/aromatic N) is 5. The van der Waals surface area contributed by atoms with Gasteiger partial charge in [-0.2, -0.15) is 0 Å². The van der Waals surface area contributed by atoms with Gasteiger partial charge in [-0.3, -0.25) is 9.80 Å². The molecule has 0 amide bonds. The fourth-order valence-electron chi connectivity index (χ4n) is 3.38. The van der Waals surface area contributed by atoms with Crippen LogP contribution < -0.4 is 0 Å². The minimum atomic E-state index is 0.604. The lowest BCUT2D eigenvalue weighted by molar-refractivity contribution is 0.123. The van der Waals surface area contributed by atoms with E-state index in [1.165, 1.54) is 0 Å². The van der Waals surface area contributed by atoms with Crippen molar-refractivity contribution < 1.29 is 4.42 Å². The van der Waals surface area contributed by atoms with Gasteiger partial charge in [0.2, 0.25) is 5.89 Å². The zero-order valence-electron chi connectivity index (χ0n) is 15.5. The maximum atomic E-state index is 6.27. The molecule has 2 aromatic heterocycles. The van der Waals surface area contributed by atoms with Gasteiger partial charge >= 0.3 is 0 Å². The van der Waals surface area contributed by atoms with Crippen molar-refractivity contribution in [3.8, 4) is 11.5 Å². The van der Waals surface area contributed by atoms with E-state index in [9.17, 15) is 0 Å². The molecule has 0 N–H and O–H groups in total. The molecule has 1 aliphatic heterocycles. The maximum Gasteiger partial charge on any atom is 0.228 e. The Morgan fingerprint density at radius 3 is 2.59 bits per heavy atom. The molecular formula is C20H24ClN5O. The summed E-state index contributed by atoms with van der Waals surface area (Å²) in [6, 6.07) is 7.66. The minimum absolute atomic E-state index is 0.604. The van der Waals surface area contributed by atoms with E-state index >= 15 is 0 Å². The Morgan fingerprint density at radius 1 is 1.07 bits per heavy atom. The summed E-state index contributed by atoms with van der Waals surface area (Å²) in [5.41, 5.74) is 1.84. The summed E-state index contributed by atoms with van der Waals surface area (Å²) in [5, 5.41) is 0.664. The lowest BCUT2D eigenvalue weighted by Gasteiger charge is -2.34. The van der Waals surface area contributed by atoms with Crippen LogP contribution in [-0.4, -0.2) is 57.1 Å². The molecule has 0 atom stereocenters. The first-order valence-corrected chi connectivity index (χ1v) is 9.68. The SMILES string of the molecule is Cc1oc(-c2ccccc2Cl)nc1CN1CCN(CCn2ccnc2)CC1. The van der Waals surface area contributed by atoms with E-state index in [4.69, 9.17) is 21.0 Å². The van der Waals surface area contributed by atoms with Crippen LogP contribution >= 0.6 is 11.6 Å². The monoisotopic (exact) mass is 385 g/mol. The fourth-order valence-corrected chi connectivity index (χ4v) is 3.60. The van der Waals surface area contributed by atoms with Gasteiger partial charge in [-0.1, -0.05) is 23.7 Å². The summed E-state index contributed by atoms with van der Waals surface area (Å²) in [7, 11) is 0. The zero-order chi connectivity index (χ0) is 18.6. The van der Waals surface area contributed by atoms with Gasteiger partial charge in [-0.15, -0.1) is 0 Å². The Balaban J connectivity index is 1.32. The standard InChI is InChI=1S/C20H24ClN5O/c1-16-19(23-20(27-16)17-4-2-3-5-18(17)21)14-25-11-8-24(9-12-25)10-13-26-7-6-22-15-26/h2-7,15H,8-14H2,1H3. The number of benzene rings is 1. The van der Waals surface area contributed by atoms with Gasteiger partial charge in [0, 0.05) is 58.2 Å². The molecule has 4 rings (SSSR count). The second kappa shape index (κ2) is 8.25. The van der Waals surface area contributed by atoms with Gasteiger partial charge < -0.3 is 8.98 Å². The quantitative estimate of drug-likeness (QED) is 0.651. The molecular weight excluding hydrogens is 362 g/mol. The lowest BCUT2D eigenvalue weighted by atomic mass is 10.2. The van der Waals surface area contributed by atoms with Gasteiger partial charge in [0.15, 0.2) is 0 Å². The van der Waals surface area contributed by atoms with Gasteiger partial charge in [0.25, 0.3) is 0 Å². The smallest absolute Gasteiger partial charge is 0.228 e. The Morgan fingerprint density at radius 2 is 1.85 bits per heavy atom. The highest BCUT2D eigenvalue weighted by Crippen LogP contribution is 2.28. The number of hydrogen-bond donors (Lipinski definition) is 0. The highest BCUT2D eigenvalue weighted by Gasteiger charge is 2.20. The number of oxazole rings is 1. The molecule has 3 aromatic rings. The van der Waals surface area contributed by atoms with Gasteiger partial charge in [-0.25, -0.2) is 9.97 Å². The normalized spacial score (nSPS) is 16.1. The van der Waals surface area contributed by atoms with E-state index in [1.54, 1.807) is 0 Å². The van der Waals surface area contributed by atoms with E-state index in [1.807, 2.05) is 49.9 Å². The van der Waals surface area contributed by atoms with E-state index in [0.717, 1.165) is 62.8 Å². The molecule has 0 radical (unpaired) electrons. The van der Waals surface area contributed by atoms with Crippen LogP contribution in [0.2, 0.25) is 5.02 Å². The van der Waals surface area contributed by atoms with Crippen molar-refractivity contribution in [2.75, 3.05) is 32.7 Å². The first-order valence-electron chi connectivity index (χ1n) is 9.31. The first kappa shape index (κ1) is 18.2. The fraction of sp³-hybridized carbons (Fsp3) is 0.400. The highest BCUT2D eigenvalue weighted by molar-refractivity contribution is 6.33. The van der Waals surface area contributed by atoms with Gasteiger partial charge in [-0.05, 0) is 19.1 Å². The van der Waals surface area contributed by atoms with Crippen molar-refractivity contribution in [3.05, 3.63) is 59.5 Å². The third-order valence-electron chi connectivity index (χ3n) is 5.07. The summed E-state index contributed by atoms with van der Waals surface area (Å²) in [6.45, 7) is 9.06. The molecule has 1 aromatic carbocycles. The molecule has 1 saturated heterocycles. The molecule has 1 fully saturated rings. The minimum Gasteiger partial charge on any atom is -0.441 e. The van der Waals surface area contributed by atoms with Crippen LogP contribution in [0.25, 0.3) is 11.5 Å². The third kappa shape index (κ3) is 4.40.